The van der Waals surface area contributed by atoms with Crippen LogP contribution in [0, 0.1) is 24.3 Å². The molecule has 2 nitrogen and oxygen atoms in total. The van der Waals surface area contributed by atoms with E-state index in [1.807, 2.05) is 11.3 Å². The van der Waals surface area contributed by atoms with Crippen LogP contribution in [-0.2, 0) is 6.42 Å². The van der Waals surface area contributed by atoms with Crippen molar-refractivity contribution in [2.45, 2.75) is 40.2 Å². The predicted octanol–water partition coefficient (Wildman–Crippen LogP) is 4.57. The maximum absolute atomic E-state index is 4.69. The van der Waals surface area contributed by atoms with Gasteiger partial charge in [-0.2, -0.15) is 0 Å². The van der Waals surface area contributed by atoms with Gasteiger partial charge in [-0.3, -0.25) is 0 Å². The van der Waals surface area contributed by atoms with E-state index in [1.165, 1.54) is 30.3 Å². The Morgan fingerprint density at radius 1 is 1.30 bits per heavy atom. The number of likely N-dealkylation sites (N-methyl/N-ethyl adjacent to an activating group) is 1. The van der Waals surface area contributed by atoms with E-state index in [-0.39, 0.29) is 0 Å². The van der Waals surface area contributed by atoms with Crippen molar-refractivity contribution < 1.29 is 0 Å². The van der Waals surface area contributed by atoms with E-state index < -0.39 is 0 Å². The molecule has 0 bridgehead atoms. The number of aromatic nitrogens is 1. The molecule has 1 unspecified atom stereocenters. The van der Waals surface area contributed by atoms with Crippen molar-refractivity contribution >= 4 is 33.9 Å². The molecule has 0 aliphatic rings. The third-order valence-electron chi connectivity index (χ3n) is 3.50. The van der Waals surface area contributed by atoms with Crippen LogP contribution < -0.4 is 5.32 Å². The van der Waals surface area contributed by atoms with Crippen molar-refractivity contribution in [1.82, 2.24) is 10.3 Å². The largest absolute Gasteiger partial charge is 0.310 e. The van der Waals surface area contributed by atoms with Crippen molar-refractivity contribution in [3.63, 3.8) is 0 Å². The Morgan fingerprint density at radius 2 is 2.05 bits per heavy atom. The lowest BCUT2D eigenvalue weighted by Crippen LogP contribution is -2.24. The molecule has 4 heteroatoms. The van der Waals surface area contributed by atoms with E-state index in [0.717, 1.165) is 13.0 Å². The zero-order valence-corrected chi connectivity index (χ0v) is 15.4. The van der Waals surface area contributed by atoms with Crippen LogP contribution in [0.5, 0.6) is 0 Å². The summed E-state index contributed by atoms with van der Waals surface area (Å²) in [6.45, 7) is 9.54. The second-order valence-electron chi connectivity index (χ2n) is 5.04. The van der Waals surface area contributed by atoms with E-state index in [9.17, 15) is 0 Å². The van der Waals surface area contributed by atoms with Gasteiger partial charge in [-0.1, -0.05) is 25.1 Å². The maximum atomic E-state index is 4.69. The van der Waals surface area contributed by atoms with Gasteiger partial charge in [0.15, 0.2) is 0 Å². The van der Waals surface area contributed by atoms with Gasteiger partial charge in [-0.05, 0) is 61.0 Å². The SMILES string of the molecule is CCNC(Cc1nc(C)c(C)s1)c1cccc(C)c1I. The highest BCUT2D eigenvalue weighted by Crippen LogP contribution is 2.28. The molecule has 0 amide bonds. The molecule has 0 spiro atoms. The summed E-state index contributed by atoms with van der Waals surface area (Å²) < 4.78 is 1.36. The van der Waals surface area contributed by atoms with Crippen LogP contribution in [0.1, 0.15) is 39.7 Å². The lowest BCUT2D eigenvalue weighted by atomic mass is 10.0. The van der Waals surface area contributed by atoms with Gasteiger partial charge in [0.25, 0.3) is 0 Å². The van der Waals surface area contributed by atoms with Crippen molar-refractivity contribution in [3.8, 4) is 0 Å². The van der Waals surface area contributed by atoms with Crippen LogP contribution in [0.25, 0.3) is 0 Å². The zero-order chi connectivity index (χ0) is 14.7. The molecule has 1 N–H and O–H groups in total. The zero-order valence-electron chi connectivity index (χ0n) is 12.5. The van der Waals surface area contributed by atoms with E-state index >= 15 is 0 Å². The molecule has 2 aromatic rings. The molecule has 0 aliphatic carbocycles. The Balaban J connectivity index is 2.29. The molecule has 0 fully saturated rings. The fourth-order valence-corrected chi connectivity index (χ4v) is 3.99. The van der Waals surface area contributed by atoms with Gasteiger partial charge in [0.2, 0.25) is 0 Å². The molecule has 0 saturated carbocycles. The topological polar surface area (TPSA) is 24.9 Å². The van der Waals surface area contributed by atoms with E-state index in [4.69, 9.17) is 0 Å². The third kappa shape index (κ3) is 3.59. The number of thiazole rings is 1. The summed E-state index contributed by atoms with van der Waals surface area (Å²) in [5.41, 5.74) is 3.90. The predicted molar refractivity (Wildman–Crippen MR) is 95.6 cm³/mol. The fourth-order valence-electron chi connectivity index (χ4n) is 2.28. The van der Waals surface area contributed by atoms with Gasteiger partial charge in [0.05, 0.1) is 10.7 Å². The fraction of sp³-hybridized carbons (Fsp3) is 0.438. The monoisotopic (exact) mass is 400 g/mol. The number of hydrogen-bond acceptors (Lipinski definition) is 3. The van der Waals surface area contributed by atoms with Crippen LogP contribution in [0.4, 0.5) is 0 Å². The van der Waals surface area contributed by atoms with Gasteiger partial charge in [-0.25, -0.2) is 4.98 Å². The summed E-state index contributed by atoms with van der Waals surface area (Å²) in [5.74, 6) is 0. The van der Waals surface area contributed by atoms with Gasteiger partial charge in [0, 0.05) is 20.9 Å². The maximum Gasteiger partial charge on any atom is 0.0949 e. The molecular weight excluding hydrogens is 379 g/mol. The van der Waals surface area contributed by atoms with E-state index in [0.29, 0.717) is 6.04 Å². The molecule has 0 saturated heterocycles. The summed E-state index contributed by atoms with van der Waals surface area (Å²) in [7, 11) is 0. The summed E-state index contributed by atoms with van der Waals surface area (Å²) in [6.07, 6.45) is 0.965. The third-order valence-corrected chi connectivity index (χ3v) is 6.07. The van der Waals surface area contributed by atoms with Crippen LogP contribution >= 0.6 is 33.9 Å². The number of rotatable bonds is 5. The van der Waals surface area contributed by atoms with Crippen molar-refractivity contribution in [1.29, 1.82) is 0 Å². The van der Waals surface area contributed by atoms with Gasteiger partial charge >= 0.3 is 0 Å². The number of benzene rings is 1. The molecule has 1 aromatic heterocycles. The molecule has 0 radical (unpaired) electrons. The standard InChI is InChI=1S/C16H21IN2S/c1-5-18-14(9-15-19-11(3)12(4)20-15)13-8-6-7-10(2)16(13)17/h6-8,14,18H,5,9H2,1-4H3. The molecule has 1 aromatic carbocycles. The first-order valence-corrected chi connectivity index (χ1v) is 8.83. The Labute approximate surface area is 139 Å². The number of halogens is 1. The second kappa shape index (κ2) is 7.00. The molecular formula is C16H21IN2S. The number of aryl methyl sites for hydroxylation is 3. The van der Waals surface area contributed by atoms with Crippen molar-refractivity contribution in [2.75, 3.05) is 6.54 Å². The van der Waals surface area contributed by atoms with Gasteiger partial charge < -0.3 is 5.32 Å². The van der Waals surface area contributed by atoms with Gasteiger partial charge in [-0.15, -0.1) is 11.3 Å². The Kier molecular flexibility index (Phi) is 5.57. The summed E-state index contributed by atoms with van der Waals surface area (Å²) >= 11 is 4.28. The average molecular weight is 400 g/mol. The minimum atomic E-state index is 0.344. The number of hydrogen-bond donors (Lipinski definition) is 1. The smallest absolute Gasteiger partial charge is 0.0949 e. The first-order chi connectivity index (χ1) is 9.52. The first kappa shape index (κ1) is 15.9. The lowest BCUT2D eigenvalue weighted by molar-refractivity contribution is 0.546. The average Bonchev–Trinajstić information content (AvgIpc) is 2.71. The quantitative estimate of drug-likeness (QED) is 0.744. The Bertz CT molecular complexity index is 573. The highest BCUT2D eigenvalue weighted by molar-refractivity contribution is 14.1. The molecule has 108 valence electrons. The van der Waals surface area contributed by atoms with Gasteiger partial charge in [0.1, 0.15) is 0 Å². The normalized spacial score (nSPS) is 12.7. The minimum Gasteiger partial charge on any atom is -0.310 e. The Hall–Kier alpha value is -0.460. The summed E-state index contributed by atoms with van der Waals surface area (Å²) in [5, 5.41) is 4.83. The van der Waals surface area contributed by atoms with Crippen LogP contribution in [0.2, 0.25) is 0 Å². The van der Waals surface area contributed by atoms with Crippen molar-refractivity contribution in [3.05, 3.63) is 48.5 Å². The van der Waals surface area contributed by atoms with Crippen molar-refractivity contribution in [2.24, 2.45) is 0 Å². The molecule has 1 atom stereocenters. The van der Waals surface area contributed by atoms with Crippen LogP contribution in [-0.4, -0.2) is 11.5 Å². The Morgan fingerprint density at radius 3 is 2.65 bits per heavy atom. The lowest BCUT2D eigenvalue weighted by Gasteiger charge is -2.19. The highest BCUT2D eigenvalue weighted by Gasteiger charge is 2.17. The second-order valence-corrected chi connectivity index (χ2v) is 7.41. The summed E-state index contributed by atoms with van der Waals surface area (Å²) in [4.78, 5) is 6.01. The number of nitrogens with zero attached hydrogens (tertiary/aromatic N) is 1. The van der Waals surface area contributed by atoms with Crippen LogP contribution in [0.15, 0.2) is 18.2 Å². The molecule has 2 rings (SSSR count). The van der Waals surface area contributed by atoms with Crippen LogP contribution in [0.3, 0.4) is 0 Å². The molecule has 0 aliphatic heterocycles. The summed E-state index contributed by atoms with van der Waals surface area (Å²) in [6, 6.07) is 6.90. The first-order valence-electron chi connectivity index (χ1n) is 6.94. The van der Waals surface area contributed by atoms with E-state index in [2.05, 4.69) is 78.8 Å². The highest BCUT2D eigenvalue weighted by atomic mass is 127. The van der Waals surface area contributed by atoms with E-state index in [1.54, 1.807) is 0 Å². The number of nitrogens with one attached hydrogen (secondary N) is 1. The molecule has 20 heavy (non-hydrogen) atoms. The minimum absolute atomic E-state index is 0.344. The molecule has 1 heterocycles.